The van der Waals surface area contributed by atoms with Crippen LogP contribution in [0.25, 0.3) is 0 Å². The van der Waals surface area contributed by atoms with Crippen LogP contribution in [-0.4, -0.2) is 48.9 Å². The number of ketones is 1. The fourth-order valence-electron chi connectivity index (χ4n) is 4.26. The van der Waals surface area contributed by atoms with Crippen LogP contribution in [0.3, 0.4) is 0 Å². The molecule has 1 atom stereocenters. The lowest BCUT2D eigenvalue weighted by Gasteiger charge is -2.29. The van der Waals surface area contributed by atoms with E-state index in [0.717, 1.165) is 37.1 Å². The number of nitrogens with zero attached hydrogens (tertiary/aromatic N) is 1. The molecule has 1 aromatic heterocycles. The first kappa shape index (κ1) is 25.6. The highest BCUT2D eigenvalue weighted by molar-refractivity contribution is 7.18. The number of carbonyl (C=O) groups excluding carboxylic acids is 2. The fourth-order valence-corrected chi connectivity index (χ4v) is 5.20. The Balaban J connectivity index is 1.50. The lowest BCUT2D eigenvalue weighted by atomic mass is 9.90. The van der Waals surface area contributed by atoms with Crippen LogP contribution in [0.15, 0.2) is 60.7 Å². The largest absolute Gasteiger partial charge is 0.374 e. The van der Waals surface area contributed by atoms with Gasteiger partial charge in [-0.25, -0.2) is 0 Å². The molecule has 1 unspecified atom stereocenters. The average molecular weight is 511 g/mol. The van der Waals surface area contributed by atoms with Crippen LogP contribution in [0.1, 0.15) is 38.8 Å². The molecule has 0 spiro atoms. The fraction of sp³-hybridized carbons (Fsp3) is 0.357. The number of carbonyl (C=O) groups is 2. The zero-order valence-electron chi connectivity index (χ0n) is 20.2. The van der Waals surface area contributed by atoms with E-state index < -0.39 is 5.54 Å². The third-order valence-corrected chi connectivity index (χ3v) is 7.70. The molecule has 5 nitrogen and oxygen atoms in total. The van der Waals surface area contributed by atoms with Gasteiger partial charge in [0.05, 0.1) is 22.4 Å². The predicted molar refractivity (Wildman–Crippen MR) is 141 cm³/mol. The van der Waals surface area contributed by atoms with Crippen molar-refractivity contribution in [1.29, 1.82) is 0 Å². The molecule has 2 heterocycles. The summed E-state index contributed by atoms with van der Waals surface area (Å²) in [6.07, 6.45) is 2.21. The summed E-state index contributed by atoms with van der Waals surface area (Å²) >= 11 is 7.21. The second-order valence-electron chi connectivity index (χ2n) is 9.37. The normalized spacial score (nSPS) is 15.6. The summed E-state index contributed by atoms with van der Waals surface area (Å²) in [5.74, 6) is -0.418. The van der Waals surface area contributed by atoms with Crippen molar-refractivity contribution in [2.45, 2.75) is 38.3 Å². The molecule has 0 fully saturated rings. The number of benzene rings is 2. The van der Waals surface area contributed by atoms with Crippen LogP contribution >= 0.6 is 22.9 Å². The summed E-state index contributed by atoms with van der Waals surface area (Å²) in [7, 11) is 2.14. The van der Waals surface area contributed by atoms with Crippen LogP contribution in [0.5, 0.6) is 0 Å². The SMILES string of the molecule is CN1CCc2ccc(CC(=O)C(C)(COCc3ccccc3)NC(=O)c3ccc(Cl)s3)cc2CC1. The van der Waals surface area contributed by atoms with Crippen molar-refractivity contribution in [3.05, 3.63) is 92.1 Å². The lowest BCUT2D eigenvalue weighted by molar-refractivity contribution is -0.126. The summed E-state index contributed by atoms with van der Waals surface area (Å²) < 4.78 is 6.47. The molecule has 2 aromatic carbocycles. The quantitative estimate of drug-likeness (QED) is 0.442. The van der Waals surface area contributed by atoms with Crippen LogP contribution in [0.2, 0.25) is 4.34 Å². The number of fused-ring (bicyclic) bond motifs is 1. The van der Waals surface area contributed by atoms with Gasteiger partial charge in [0.25, 0.3) is 5.91 Å². The molecule has 3 aromatic rings. The molecule has 0 aliphatic carbocycles. The standard InChI is InChI=1S/C28H31ClN2O3S/c1-28(19-34-18-20-6-4-3-5-7-20,30-27(33)24-10-11-26(29)35-24)25(32)17-21-8-9-22-12-14-31(2)15-13-23(22)16-21/h3-11,16H,12-15,17-19H2,1-2H3,(H,30,33). The molecule has 1 aliphatic rings. The molecule has 1 aliphatic heterocycles. The molecule has 0 saturated carbocycles. The first-order chi connectivity index (χ1) is 16.8. The number of ether oxygens (including phenoxy) is 1. The minimum atomic E-state index is -1.19. The van der Waals surface area contributed by atoms with Gasteiger partial charge < -0.3 is 15.0 Å². The first-order valence-electron chi connectivity index (χ1n) is 11.8. The third kappa shape index (κ3) is 6.79. The number of hydrogen-bond donors (Lipinski definition) is 1. The van der Waals surface area contributed by atoms with Crippen molar-refractivity contribution < 1.29 is 14.3 Å². The van der Waals surface area contributed by atoms with Crippen molar-refractivity contribution in [2.75, 3.05) is 26.7 Å². The van der Waals surface area contributed by atoms with E-state index in [1.54, 1.807) is 19.1 Å². The van der Waals surface area contributed by atoms with E-state index in [-0.39, 0.29) is 24.7 Å². The monoisotopic (exact) mass is 510 g/mol. The Morgan fingerprint density at radius 3 is 2.49 bits per heavy atom. The number of Topliss-reactive ketones (excluding diaryl/α,β-unsaturated/α-hetero) is 1. The van der Waals surface area contributed by atoms with Gasteiger partial charge in [-0.3, -0.25) is 9.59 Å². The maximum absolute atomic E-state index is 13.6. The van der Waals surface area contributed by atoms with Gasteiger partial charge in [-0.1, -0.05) is 60.1 Å². The van der Waals surface area contributed by atoms with E-state index in [0.29, 0.717) is 15.8 Å². The van der Waals surface area contributed by atoms with E-state index in [9.17, 15) is 9.59 Å². The van der Waals surface area contributed by atoms with Crippen LogP contribution in [0.4, 0.5) is 0 Å². The summed E-state index contributed by atoms with van der Waals surface area (Å²) in [5.41, 5.74) is 3.44. The Morgan fingerprint density at radius 2 is 1.77 bits per heavy atom. The highest BCUT2D eigenvalue weighted by Crippen LogP contribution is 2.23. The van der Waals surface area contributed by atoms with E-state index in [4.69, 9.17) is 16.3 Å². The molecule has 1 amide bonds. The first-order valence-corrected chi connectivity index (χ1v) is 13.0. The second kappa shape index (κ2) is 11.5. The highest BCUT2D eigenvalue weighted by atomic mass is 35.5. The Bertz CT molecular complexity index is 1180. The Morgan fingerprint density at radius 1 is 1.03 bits per heavy atom. The topological polar surface area (TPSA) is 58.6 Å². The zero-order valence-corrected chi connectivity index (χ0v) is 21.8. The summed E-state index contributed by atoms with van der Waals surface area (Å²) in [4.78, 5) is 29.4. The molecule has 4 rings (SSSR count). The Kier molecular flexibility index (Phi) is 8.39. The number of rotatable bonds is 9. The van der Waals surface area contributed by atoms with E-state index in [1.807, 2.05) is 36.4 Å². The van der Waals surface area contributed by atoms with Gasteiger partial charge >= 0.3 is 0 Å². The molecule has 35 heavy (non-hydrogen) atoms. The lowest BCUT2D eigenvalue weighted by Crippen LogP contribution is -2.56. The van der Waals surface area contributed by atoms with Gasteiger partial charge in [-0.15, -0.1) is 11.3 Å². The van der Waals surface area contributed by atoms with Crippen LogP contribution < -0.4 is 5.32 Å². The van der Waals surface area contributed by atoms with Crippen LogP contribution in [-0.2, 0) is 35.4 Å². The molecular weight excluding hydrogens is 480 g/mol. The smallest absolute Gasteiger partial charge is 0.262 e. The van der Waals surface area contributed by atoms with Gasteiger partial charge in [0, 0.05) is 19.5 Å². The van der Waals surface area contributed by atoms with Crippen molar-refractivity contribution in [1.82, 2.24) is 10.2 Å². The number of thiophene rings is 1. The average Bonchev–Trinajstić information content (AvgIpc) is 3.20. The van der Waals surface area contributed by atoms with Crippen molar-refractivity contribution in [2.24, 2.45) is 0 Å². The molecule has 1 N–H and O–H groups in total. The van der Waals surface area contributed by atoms with Crippen molar-refractivity contribution in [3.8, 4) is 0 Å². The molecule has 184 valence electrons. The molecule has 7 heteroatoms. The molecule has 0 radical (unpaired) electrons. The number of nitrogens with one attached hydrogen (secondary N) is 1. The van der Waals surface area contributed by atoms with E-state index in [1.165, 1.54) is 22.5 Å². The predicted octanol–water partition coefficient (Wildman–Crippen LogP) is 4.95. The van der Waals surface area contributed by atoms with Gasteiger partial charge in [0.2, 0.25) is 0 Å². The van der Waals surface area contributed by atoms with E-state index >= 15 is 0 Å². The number of likely N-dealkylation sites (N-methyl/N-ethyl adjacent to an activating group) is 1. The molecular formula is C28H31ClN2O3S. The third-order valence-electron chi connectivity index (χ3n) is 6.47. The van der Waals surface area contributed by atoms with Gasteiger partial charge in [0.15, 0.2) is 5.78 Å². The highest BCUT2D eigenvalue weighted by Gasteiger charge is 2.35. The number of amides is 1. The van der Waals surface area contributed by atoms with Gasteiger partial charge in [-0.2, -0.15) is 0 Å². The Labute approximate surface area is 216 Å². The zero-order chi connectivity index (χ0) is 24.8. The van der Waals surface area contributed by atoms with Crippen LogP contribution in [0, 0.1) is 0 Å². The van der Waals surface area contributed by atoms with Crippen molar-refractivity contribution >= 4 is 34.6 Å². The minimum absolute atomic E-state index is 0.0707. The Hall–Kier alpha value is -2.51. The number of hydrogen-bond acceptors (Lipinski definition) is 5. The van der Waals surface area contributed by atoms with E-state index in [2.05, 4.69) is 29.4 Å². The summed E-state index contributed by atoms with van der Waals surface area (Å²) in [6, 6.07) is 19.5. The number of halogens is 1. The van der Waals surface area contributed by atoms with Crippen molar-refractivity contribution in [3.63, 3.8) is 0 Å². The maximum Gasteiger partial charge on any atom is 0.262 e. The van der Waals surface area contributed by atoms with Gasteiger partial charge in [-0.05, 0) is 61.2 Å². The molecule has 0 saturated heterocycles. The maximum atomic E-state index is 13.6. The summed E-state index contributed by atoms with van der Waals surface area (Å²) in [6.45, 7) is 4.22. The second-order valence-corrected chi connectivity index (χ2v) is 11.1. The minimum Gasteiger partial charge on any atom is -0.374 e. The molecule has 0 bridgehead atoms. The van der Waals surface area contributed by atoms with Gasteiger partial charge in [0.1, 0.15) is 5.54 Å². The summed E-state index contributed by atoms with van der Waals surface area (Å²) in [5, 5.41) is 2.94.